The molecule has 1 aliphatic rings. The Balaban J connectivity index is 1.88. The Bertz CT molecular complexity index is 674. The van der Waals surface area contributed by atoms with Crippen molar-refractivity contribution >= 4 is 27.3 Å². The molecule has 0 amide bonds. The standard InChI is InChI=1S/C16H26N2O4S2/c1-12(2)22-16(19)5-6-17-7-9-18(10-8-17)24(20,21)15-11-13(3)23-14(15)4/h11-12H,5-10H2,1-4H3. The molecule has 0 atom stereocenters. The van der Waals surface area contributed by atoms with Crippen molar-refractivity contribution in [3.63, 3.8) is 0 Å². The van der Waals surface area contributed by atoms with E-state index in [4.69, 9.17) is 4.74 Å². The fourth-order valence-electron chi connectivity index (χ4n) is 2.77. The molecule has 8 heteroatoms. The van der Waals surface area contributed by atoms with Crippen LogP contribution in [-0.2, 0) is 19.6 Å². The van der Waals surface area contributed by atoms with Gasteiger partial charge in [0.15, 0.2) is 0 Å². The van der Waals surface area contributed by atoms with Crippen molar-refractivity contribution in [1.82, 2.24) is 9.21 Å². The van der Waals surface area contributed by atoms with Gasteiger partial charge in [-0.3, -0.25) is 4.79 Å². The summed E-state index contributed by atoms with van der Waals surface area (Å²) >= 11 is 1.51. The highest BCUT2D eigenvalue weighted by Crippen LogP contribution is 2.28. The van der Waals surface area contributed by atoms with Crippen LogP contribution in [0.4, 0.5) is 0 Å². The summed E-state index contributed by atoms with van der Waals surface area (Å²) in [6.07, 6.45) is 0.241. The van der Waals surface area contributed by atoms with Crippen LogP contribution in [0.15, 0.2) is 11.0 Å². The minimum atomic E-state index is -3.42. The number of piperazine rings is 1. The summed E-state index contributed by atoms with van der Waals surface area (Å²) in [6, 6.07) is 1.75. The van der Waals surface area contributed by atoms with Gasteiger partial charge in [-0.05, 0) is 33.8 Å². The highest BCUT2D eigenvalue weighted by atomic mass is 32.2. The zero-order valence-electron chi connectivity index (χ0n) is 14.7. The van der Waals surface area contributed by atoms with E-state index < -0.39 is 10.0 Å². The Labute approximate surface area is 148 Å². The smallest absolute Gasteiger partial charge is 0.307 e. The van der Waals surface area contributed by atoms with Crippen LogP contribution in [0.1, 0.15) is 30.0 Å². The number of hydrogen-bond acceptors (Lipinski definition) is 6. The Hall–Kier alpha value is -0.960. The van der Waals surface area contributed by atoms with Crippen LogP contribution in [0.2, 0.25) is 0 Å². The van der Waals surface area contributed by atoms with Crippen molar-refractivity contribution in [1.29, 1.82) is 0 Å². The minimum absolute atomic E-state index is 0.100. The Kier molecular flexibility index (Phi) is 6.41. The number of ether oxygens (including phenoxy) is 1. The molecule has 2 rings (SSSR count). The molecule has 0 bridgehead atoms. The zero-order valence-corrected chi connectivity index (χ0v) is 16.4. The molecule has 0 saturated carbocycles. The molecule has 1 aromatic rings. The van der Waals surface area contributed by atoms with Crippen molar-refractivity contribution in [2.24, 2.45) is 0 Å². The van der Waals surface area contributed by atoms with Gasteiger partial charge < -0.3 is 9.64 Å². The lowest BCUT2D eigenvalue weighted by Gasteiger charge is -2.33. The van der Waals surface area contributed by atoms with Crippen LogP contribution < -0.4 is 0 Å². The van der Waals surface area contributed by atoms with Gasteiger partial charge in [-0.1, -0.05) is 0 Å². The highest BCUT2D eigenvalue weighted by molar-refractivity contribution is 7.89. The second kappa shape index (κ2) is 7.95. The van der Waals surface area contributed by atoms with Crippen LogP contribution in [0.3, 0.4) is 0 Å². The van der Waals surface area contributed by atoms with Crippen molar-refractivity contribution in [2.45, 2.75) is 45.1 Å². The lowest BCUT2D eigenvalue weighted by Crippen LogP contribution is -2.49. The third kappa shape index (κ3) is 4.78. The first-order chi connectivity index (χ1) is 11.2. The fourth-order valence-corrected chi connectivity index (χ4v) is 5.71. The van der Waals surface area contributed by atoms with E-state index in [1.165, 1.54) is 11.3 Å². The molecule has 0 N–H and O–H groups in total. The predicted molar refractivity (Wildman–Crippen MR) is 94.8 cm³/mol. The second-order valence-electron chi connectivity index (χ2n) is 6.31. The summed E-state index contributed by atoms with van der Waals surface area (Å²) in [7, 11) is -3.42. The molecule has 24 heavy (non-hydrogen) atoms. The number of carbonyl (C=O) groups excluding carboxylic acids is 1. The van der Waals surface area contributed by atoms with Gasteiger partial charge in [0.05, 0.1) is 17.4 Å². The summed E-state index contributed by atoms with van der Waals surface area (Å²) < 4.78 is 32.2. The van der Waals surface area contributed by atoms with Gasteiger partial charge in [0.25, 0.3) is 0 Å². The largest absolute Gasteiger partial charge is 0.463 e. The Morgan fingerprint density at radius 3 is 2.38 bits per heavy atom. The number of nitrogens with zero attached hydrogens (tertiary/aromatic N) is 2. The molecule has 6 nitrogen and oxygen atoms in total. The lowest BCUT2D eigenvalue weighted by molar-refractivity contribution is -0.147. The topological polar surface area (TPSA) is 66.9 Å². The average Bonchev–Trinajstić information content (AvgIpc) is 2.84. The molecule has 136 valence electrons. The average molecular weight is 375 g/mol. The first-order valence-corrected chi connectivity index (χ1v) is 10.4. The quantitative estimate of drug-likeness (QED) is 0.713. The van der Waals surface area contributed by atoms with Crippen LogP contribution in [0, 0.1) is 13.8 Å². The van der Waals surface area contributed by atoms with Gasteiger partial charge in [-0.2, -0.15) is 4.31 Å². The van der Waals surface area contributed by atoms with E-state index in [9.17, 15) is 13.2 Å². The SMILES string of the molecule is Cc1cc(S(=O)(=O)N2CCN(CCC(=O)OC(C)C)CC2)c(C)s1. The summed E-state index contributed by atoms with van der Waals surface area (Å²) in [5.41, 5.74) is 0. The van der Waals surface area contributed by atoms with Crippen molar-refractivity contribution < 1.29 is 17.9 Å². The monoisotopic (exact) mass is 374 g/mol. The molecule has 0 aliphatic carbocycles. The van der Waals surface area contributed by atoms with Gasteiger partial charge in [0, 0.05) is 42.5 Å². The van der Waals surface area contributed by atoms with Crippen LogP contribution >= 0.6 is 11.3 Å². The highest BCUT2D eigenvalue weighted by Gasteiger charge is 2.30. The van der Waals surface area contributed by atoms with Crippen LogP contribution in [0.25, 0.3) is 0 Å². The van der Waals surface area contributed by atoms with E-state index in [0.29, 0.717) is 44.0 Å². The van der Waals surface area contributed by atoms with Gasteiger partial charge >= 0.3 is 5.97 Å². The maximum atomic E-state index is 12.8. The summed E-state index contributed by atoms with van der Waals surface area (Å²) in [5.74, 6) is -0.204. The third-order valence-corrected chi connectivity index (χ3v) is 7.06. The van der Waals surface area contributed by atoms with Gasteiger partial charge in [-0.15, -0.1) is 11.3 Å². The number of sulfonamides is 1. The second-order valence-corrected chi connectivity index (χ2v) is 9.68. The molecule has 0 unspecified atom stereocenters. The molecular weight excluding hydrogens is 348 g/mol. The number of aryl methyl sites for hydroxylation is 2. The number of thiophene rings is 1. The summed E-state index contributed by atoms with van der Waals surface area (Å²) in [5, 5.41) is 0. The fraction of sp³-hybridized carbons (Fsp3) is 0.688. The molecule has 1 fully saturated rings. The number of hydrogen-bond donors (Lipinski definition) is 0. The van der Waals surface area contributed by atoms with E-state index in [2.05, 4.69) is 4.90 Å². The van der Waals surface area contributed by atoms with Gasteiger partial charge in [0.1, 0.15) is 0 Å². The van der Waals surface area contributed by atoms with E-state index in [0.717, 1.165) is 9.75 Å². The van der Waals surface area contributed by atoms with Crippen LogP contribution in [-0.4, -0.2) is 62.4 Å². The van der Waals surface area contributed by atoms with Crippen molar-refractivity contribution in [3.05, 3.63) is 15.8 Å². The van der Waals surface area contributed by atoms with Gasteiger partial charge in [-0.25, -0.2) is 8.42 Å². The lowest BCUT2D eigenvalue weighted by atomic mass is 10.3. The molecule has 0 spiro atoms. The molecule has 0 radical (unpaired) electrons. The van der Waals surface area contributed by atoms with Crippen molar-refractivity contribution in [2.75, 3.05) is 32.7 Å². The minimum Gasteiger partial charge on any atom is -0.463 e. The maximum Gasteiger partial charge on any atom is 0.307 e. The number of rotatable bonds is 6. The van der Waals surface area contributed by atoms with Crippen LogP contribution in [0.5, 0.6) is 0 Å². The zero-order chi connectivity index (χ0) is 17.9. The van der Waals surface area contributed by atoms with E-state index in [1.807, 2.05) is 27.7 Å². The maximum absolute atomic E-state index is 12.8. The third-order valence-electron chi connectivity index (χ3n) is 3.94. The Morgan fingerprint density at radius 2 is 1.88 bits per heavy atom. The Morgan fingerprint density at radius 1 is 1.25 bits per heavy atom. The number of carbonyl (C=O) groups is 1. The molecular formula is C16H26N2O4S2. The summed E-state index contributed by atoms with van der Waals surface area (Å²) in [6.45, 7) is 10.2. The van der Waals surface area contributed by atoms with E-state index in [-0.39, 0.29) is 12.1 Å². The van der Waals surface area contributed by atoms with E-state index in [1.54, 1.807) is 10.4 Å². The predicted octanol–water partition coefficient (Wildman–Crippen LogP) is 2.01. The number of esters is 1. The molecule has 1 saturated heterocycles. The normalized spacial score (nSPS) is 17.4. The van der Waals surface area contributed by atoms with Crippen molar-refractivity contribution in [3.8, 4) is 0 Å². The molecule has 1 aromatic heterocycles. The van der Waals surface area contributed by atoms with E-state index >= 15 is 0 Å². The summed E-state index contributed by atoms with van der Waals surface area (Å²) in [4.78, 5) is 16.0. The molecule has 1 aliphatic heterocycles. The molecule has 0 aromatic carbocycles. The molecule has 2 heterocycles. The first kappa shape index (κ1) is 19.4. The van der Waals surface area contributed by atoms with Gasteiger partial charge in [0.2, 0.25) is 10.0 Å². The first-order valence-electron chi connectivity index (χ1n) is 8.19.